The van der Waals surface area contributed by atoms with E-state index in [2.05, 4.69) is 15.4 Å². The third-order valence-corrected chi connectivity index (χ3v) is 4.46. The third-order valence-electron chi connectivity index (χ3n) is 4.46. The van der Waals surface area contributed by atoms with E-state index in [1.165, 1.54) is 21.8 Å². The van der Waals surface area contributed by atoms with Gasteiger partial charge in [-0.3, -0.25) is 18.8 Å². The molecule has 0 fully saturated rings. The van der Waals surface area contributed by atoms with E-state index >= 15 is 0 Å². The van der Waals surface area contributed by atoms with Crippen molar-refractivity contribution in [2.24, 2.45) is 7.05 Å². The number of nitrogens with one attached hydrogen (secondary N) is 1. The van der Waals surface area contributed by atoms with Gasteiger partial charge in [0, 0.05) is 12.4 Å². The first kappa shape index (κ1) is 17.7. The molecule has 0 bridgehead atoms. The molecule has 142 valence electrons. The van der Waals surface area contributed by atoms with Crippen LogP contribution in [-0.4, -0.2) is 38.4 Å². The molecular formula is C20H19N5O3. The summed E-state index contributed by atoms with van der Waals surface area (Å²) in [6, 6.07) is 13.8. The Morgan fingerprint density at radius 1 is 1.14 bits per heavy atom. The maximum Gasteiger partial charge on any atom is 0.264 e. The summed E-state index contributed by atoms with van der Waals surface area (Å²) in [4.78, 5) is 28.7. The lowest BCUT2D eigenvalue weighted by Crippen LogP contribution is -2.34. The molecule has 8 heteroatoms. The summed E-state index contributed by atoms with van der Waals surface area (Å²) in [6.45, 7) is 0.554. The van der Waals surface area contributed by atoms with Crippen LogP contribution in [0.4, 0.5) is 0 Å². The average molecular weight is 377 g/mol. The van der Waals surface area contributed by atoms with Crippen molar-refractivity contribution in [3.63, 3.8) is 0 Å². The second-order valence-corrected chi connectivity index (χ2v) is 6.36. The minimum absolute atomic E-state index is 0.106. The summed E-state index contributed by atoms with van der Waals surface area (Å²) in [5.74, 6) is 0.489. The van der Waals surface area contributed by atoms with Crippen LogP contribution in [0.5, 0.6) is 5.75 Å². The molecule has 0 unspecified atom stereocenters. The molecule has 28 heavy (non-hydrogen) atoms. The highest BCUT2D eigenvalue weighted by atomic mass is 16.5. The molecule has 2 heterocycles. The van der Waals surface area contributed by atoms with Crippen molar-refractivity contribution >= 4 is 27.7 Å². The second-order valence-electron chi connectivity index (χ2n) is 6.36. The lowest BCUT2D eigenvalue weighted by molar-refractivity contribution is -0.121. The molecule has 1 amide bonds. The van der Waals surface area contributed by atoms with Crippen LogP contribution in [0.25, 0.3) is 21.8 Å². The summed E-state index contributed by atoms with van der Waals surface area (Å²) >= 11 is 0. The number of nitrogens with zero attached hydrogens (tertiary/aromatic N) is 4. The molecule has 4 aromatic rings. The van der Waals surface area contributed by atoms with Crippen molar-refractivity contribution in [1.82, 2.24) is 24.6 Å². The predicted octanol–water partition coefficient (Wildman–Crippen LogP) is 1.48. The molecule has 4 rings (SSSR count). The monoisotopic (exact) mass is 377 g/mol. The molecule has 0 saturated carbocycles. The first-order chi connectivity index (χ1) is 13.6. The molecule has 8 nitrogen and oxygen atoms in total. The van der Waals surface area contributed by atoms with Gasteiger partial charge < -0.3 is 10.1 Å². The van der Waals surface area contributed by atoms with Crippen LogP contribution in [0, 0.1) is 0 Å². The van der Waals surface area contributed by atoms with Gasteiger partial charge in [0.1, 0.15) is 30.6 Å². The zero-order valence-electron chi connectivity index (χ0n) is 15.3. The molecular weight excluding hydrogens is 358 g/mol. The zero-order chi connectivity index (χ0) is 19.5. The lowest BCUT2D eigenvalue weighted by atomic mass is 10.1. The number of rotatable bonds is 6. The quantitative estimate of drug-likeness (QED) is 0.514. The van der Waals surface area contributed by atoms with E-state index in [9.17, 15) is 9.59 Å². The molecule has 0 saturated heterocycles. The third kappa shape index (κ3) is 3.44. The SMILES string of the molecule is Cn1ncc2c(=O)n(CC(=O)NCCOc3cccc4ccccc34)cnc21. The molecule has 0 spiro atoms. The standard InChI is InChI=1S/C20H19N5O3/c1-24-19-16(11-23-24)20(27)25(13-22-19)12-18(26)21-9-10-28-17-8-4-6-14-5-2-3-7-15(14)17/h2-8,11,13H,9-10,12H2,1H3,(H,21,26). The highest BCUT2D eigenvalue weighted by molar-refractivity contribution is 5.88. The number of aryl methyl sites for hydroxylation is 1. The van der Waals surface area contributed by atoms with Crippen molar-refractivity contribution in [2.75, 3.05) is 13.2 Å². The lowest BCUT2D eigenvalue weighted by Gasteiger charge is -2.10. The Kier molecular flexibility index (Phi) is 4.76. The summed E-state index contributed by atoms with van der Waals surface area (Å²) in [7, 11) is 1.71. The molecule has 1 N–H and O–H groups in total. The minimum atomic E-state index is -0.291. The van der Waals surface area contributed by atoms with Crippen molar-refractivity contribution in [1.29, 1.82) is 0 Å². The number of hydrogen-bond acceptors (Lipinski definition) is 5. The first-order valence-electron chi connectivity index (χ1n) is 8.88. The normalized spacial score (nSPS) is 11.0. The van der Waals surface area contributed by atoms with E-state index in [1.54, 1.807) is 7.05 Å². The fourth-order valence-electron chi connectivity index (χ4n) is 3.06. The largest absolute Gasteiger partial charge is 0.491 e. The Morgan fingerprint density at radius 3 is 2.86 bits per heavy atom. The topological polar surface area (TPSA) is 91.0 Å². The van der Waals surface area contributed by atoms with Crippen molar-refractivity contribution in [3.8, 4) is 5.75 Å². The number of aromatic nitrogens is 4. The number of fused-ring (bicyclic) bond motifs is 2. The van der Waals surface area contributed by atoms with Crippen molar-refractivity contribution in [2.45, 2.75) is 6.54 Å². The zero-order valence-corrected chi connectivity index (χ0v) is 15.3. The Balaban J connectivity index is 1.34. The van der Waals surface area contributed by atoms with Crippen molar-refractivity contribution in [3.05, 3.63) is 65.3 Å². The minimum Gasteiger partial charge on any atom is -0.491 e. The summed E-state index contributed by atoms with van der Waals surface area (Å²) < 4.78 is 8.59. The maximum atomic E-state index is 12.4. The molecule has 0 aliphatic carbocycles. The molecule has 0 atom stereocenters. The number of amides is 1. The van der Waals surface area contributed by atoms with Gasteiger partial charge in [-0.25, -0.2) is 4.98 Å². The highest BCUT2D eigenvalue weighted by Gasteiger charge is 2.10. The number of carbonyl (C=O) groups is 1. The number of ether oxygens (including phenoxy) is 1. The molecule has 0 aliphatic rings. The van der Waals surface area contributed by atoms with E-state index in [0.29, 0.717) is 24.2 Å². The summed E-state index contributed by atoms with van der Waals surface area (Å²) in [5.41, 5.74) is 0.199. The molecule has 2 aromatic heterocycles. The van der Waals surface area contributed by atoms with E-state index in [4.69, 9.17) is 4.74 Å². The smallest absolute Gasteiger partial charge is 0.264 e. The van der Waals surface area contributed by atoms with Crippen LogP contribution >= 0.6 is 0 Å². The fraction of sp³-hybridized carbons (Fsp3) is 0.200. The first-order valence-corrected chi connectivity index (χ1v) is 8.88. The molecule has 0 radical (unpaired) electrons. The van der Waals surface area contributed by atoms with Gasteiger partial charge in [-0.05, 0) is 11.5 Å². The van der Waals surface area contributed by atoms with Gasteiger partial charge in [-0.2, -0.15) is 5.10 Å². The Morgan fingerprint density at radius 2 is 1.96 bits per heavy atom. The maximum absolute atomic E-state index is 12.4. The summed E-state index contributed by atoms with van der Waals surface area (Å²) in [6.07, 6.45) is 2.82. The number of benzene rings is 2. The van der Waals surface area contributed by atoms with Crippen LogP contribution < -0.4 is 15.6 Å². The van der Waals surface area contributed by atoms with Crippen LogP contribution in [0.1, 0.15) is 0 Å². The van der Waals surface area contributed by atoms with Gasteiger partial charge in [0.05, 0.1) is 12.7 Å². The van der Waals surface area contributed by atoms with Gasteiger partial charge in [-0.15, -0.1) is 0 Å². The van der Waals surface area contributed by atoms with E-state index in [0.717, 1.165) is 16.5 Å². The van der Waals surface area contributed by atoms with Crippen LogP contribution in [0.3, 0.4) is 0 Å². The summed E-state index contributed by atoms with van der Waals surface area (Å²) in [5, 5.41) is 9.28. The van der Waals surface area contributed by atoms with Crippen molar-refractivity contribution < 1.29 is 9.53 Å². The van der Waals surface area contributed by atoms with Crippen LogP contribution in [0.2, 0.25) is 0 Å². The predicted molar refractivity (Wildman–Crippen MR) is 105 cm³/mol. The van der Waals surface area contributed by atoms with Gasteiger partial charge in [0.2, 0.25) is 5.91 Å². The van der Waals surface area contributed by atoms with Gasteiger partial charge in [0.15, 0.2) is 5.65 Å². The van der Waals surface area contributed by atoms with Crippen LogP contribution in [0.15, 0.2) is 59.8 Å². The number of hydrogen-bond donors (Lipinski definition) is 1. The average Bonchev–Trinajstić information content (AvgIpc) is 3.09. The van der Waals surface area contributed by atoms with E-state index < -0.39 is 0 Å². The number of carbonyl (C=O) groups excluding carboxylic acids is 1. The van der Waals surface area contributed by atoms with E-state index in [-0.39, 0.29) is 18.0 Å². The van der Waals surface area contributed by atoms with Gasteiger partial charge in [-0.1, -0.05) is 36.4 Å². The van der Waals surface area contributed by atoms with Gasteiger partial charge in [0.25, 0.3) is 5.56 Å². The highest BCUT2D eigenvalue weighted by Crippen LogP contribution is 2.24. The fourth-order valence-corrected chi connectivity index (χ4v) is 3.06. The van der Waals surface area contributed by atoms with E-state index in [1.807, 2.05) is 42.5 Å². The van der Waals surface area contributed by atoms with Gasteiger partial charge >= 0.3 is 0 Å². The second kappa shape index (κ2) is 7.51. The Bertz CT molecular complexity index is 1210. The Labute approximate surface area is 160 Å². The van der Waals surface area contributed by atoms with Crippen LogP contribution in [-0.2, 0) is 18.4 Å². The molecule has 2 aromatic carbocycles. The molecule has 0 aliphatic heterocycles. The Hall–Kier alpha value is -3.68.